The maximum absolute atomic E-state index is 12.8. The molecular weight excluding hydrogens is 412 g/mol. The van der Waals surface area contributed by atoms with Crippen molar-refractivity contribution in [3.8, 4) is 17.2 Å². The number of rotatable bonds is 7. The van der Waals surface area contributed by atoms with Gasteiger partial charge < -0.3 is 14.2 Å². The number of hydrogen-bond donors (Lipinski definition) is 0. The number of nitro benzene ring substituents is 1. The first-order valence-electron chi connectivity index (χ1n) is 8.67. The zero-order chi connectivity index (χ0) is 21.8. The zero-order valence-corrected chi connectivity index (χ0v) is 17.2. The maximum atomic E-state index is 12.8. The third-order valence-electron chi connectivity index (χ3n) is 4.38. The first kappa shape index (κ1) is 21.2. The first-order valence-corrected chi connectivity index (χ1v) is 9.49. The molecule has 3 rings (SSSR count). The third-order valence-corrected chi connectivity index (χ3v) is 5.28. The summed E-state index contributed by atoms with van der Waals surface area (Å²) in [4.78, 5) is 37.0. The molecule has 1 heterocycles. The minimum atomic E-state index is -0.542. The van der Waals surface area contributed by atoms with Gasteiger partial charge in [0.25, 0.3) is 16.8 Å². The van der Waals surface area contributed by atoms with E-state index in [0.717, 1.165) is 16.7 Å². The number of para-hydroxylation sites is 1. The van der Waals surface area contributed by atoms with Crippen LogP contribution in [0.15, 0.2) is 41.3 Å². The highest BCUT2D eigenvalue weighted by atomic mass is 32.2. The number of ether oxygens (including phenoxy) is 3. The Labute approximate surface area is 176 Å². The monoisotopic (exact) mass is 430 g/mol. The Balaban J connectivity index is 1.92. The van der Waals surface area contributed by atoms with E-state index in [4.69, 9.17) is 14.2 Å². The lowest BCUT2D eigenvalue weighted by Crippen LogP contribution is -2.27. The van der Waals surface area contributed by atoms with Crippen LogP contribution in [0.3, 0.4) is 0 Å². The summed E-state index contributed by atoms with van der Waals surface area (Å²) in [5.74, 6) is 0.683. The standard InChI is InChI=1S/C20H18N2O7S/c1-27-15-8-12(9-16(28-2)18(15)29-3)10-17-19(23)21(20(24)30-17)11-13-6-4-5-7-14(13)22(25)26/h4-10H,11H2,1-3H3/b17-10-. The predicted molar refractivity (Wildman–Crippen MR) is 111 cm³/mol. The van der Waals surface area contributed by atoms with Crippen LogP contribution < -0.4 is 14.2 Å². The lowest BCUT2D eigenvalue weighted by molar-refractivity contribution is -0.385. The molecule has 0 radical (unpaired) electrons. The maximum Gasteiger partial charge on any atom is 0.293 e. The Hall–Kier alpha value is -3.53. The number of benzene rings is 2. The van der Waals surface area contributed by atoms with Crippen molar-refractivity contribution in [3.05, 3.63) is 62.5 Å². The van der Waals surface area contributed by atoms with Crippen LogP contribution in [0.5, 0.6) is 17.2 Å². The number of amides is 2. The van der Waals surface area contributed by atoms with Gasteiger partial charge in [0.1, 0.15) is 0 Å². The van der Waals surface area contributed by atoms with E-state index in [9.17, 15) is 19.7 Å². The number of hydrogen-bond acceptors (Lipinski definition) is 8. The molecule has 1 fully saturated rings. The van der Waals surface area contributed by atoms with Crippen LogP contribution in [-0.4, -0.2) is 42.3 Å². The highest BCUT2D eigenvalue weighted by Gasteiger charge is 2.36. The van der Waals surface area contributed by atoms with Gasteiger partial charge in [-0.1, -0.05) is 18.2 Å². The highest BCUT2D eigenvalue weighted by molar-refractivity contribution is 8.18. The lowest BCUT2D eigenvalue weighted by atomic mass is 10.1. The summed E-state index contributed by atoms with van der Waals surface area (Å²) in [5.41, 5.74) is 0.699. The fraction of sp³-hybridized carbons (Fsp3) is 0.200. The van der Waals surface area contributed by atoms with Crippen LogP contribution >= 0.6 is 11.8 Å². The van der Waals surface area contributed by atoms with E-state index in [1.165, 1.54) is 45.6 Å². The summed E-state index contributed by atoms with van der Waals surface area (Å²) < 4.78 is 15.9. The molecule has 0 spiro atoms. The normalized spacial score (nSPS) is 14.9. The Bertz CT molecular complexity index is 1030. The van der Waals surface area contributed by atoms with Crippen molar-refractivity contribution in [2.24, 2.45) is 0 Å². The van der Waals surface area contributed by atoms with E-state index in [1.54, 1.807) is 18.2 Å². The molecule has 1 aliphatic heterocycles. The fourth-order valence-corrected chi connectivity index (χ4v) is 3.80. The molecular formula is C20H18N2O7S. The van der Waals surface area contributed by atoms with E-state index in [0.29, 0.717) is 22.8 Å². The first-order chi connectivity index (χ1) is 14.4. The lowest BCUT2D eigenvalue weighted by Gasteiger charge is -2.13. The molecule has 1 aliphatic rings. The highest BCUT2D eigenvalue weighted by Crippen LogP contribution is 2.40. The number of imide groups is 1. The molecule has 9 nitrogen and oxygen atoms in total. The Morgan fingerprint density at radius 3 is 2.27 bits per heavy atom. The van der Waals surface area contributed by atoms with Gasteiger partial charge in [-0.3, -0.25) is 24.6 Å². The number of methoxy groups -OCH3 is 3. The van der Waals surface area contributed by atoms with Crippen molar-refractivity contribution in [2.45, 2.75) is 6.54 Å². The molecule has 2 aromatic rings. The topological polar surface area (TPSA) is 108 Å². The van der Waals surface area contributed by atoms with Crippen LogP contribution in [0.1, 0.15) is 11.1 Å². The summed E-state index contributed by atoms with van der Waals surface area (Å²) in [6, 6.07) is 9.30. The van der Waals surface area contributed by atoms with Crippen molar-refractivity contribution in [1.82, 2.24) is 4.90 Å². The van der Waals surface area contributed by atoms with Gasteiger partial charge in [0.15, 0.2) is 11.5 Å². The zero-order valence-electron chi connectivity index (χ0n) is 16.4. The van der Waals surface area contributed by atoms with E-state index in [2.05, 4.69) is 0 Å². The summed E-state index contributed by atoms with van der Waals surface area (Å²) in [6.45, 7) is -0.186. The number of carbonyl (C=O) groups is 2. The molecule has 156 valence electrons. The van der Waals surface area contributed by atoms with Crippen LogP contribution in [0.2, 0.25) is 0 Å². The van der Waals surface area contributed by atoms with Crippen molar-refractivity contribution in [3.63, 3.8) is 0 Å². The summed E-state index contributed by atoms with van der Waals surface area (Å²) in [6.07, 6.45) is 1.54. The Kier molecular flexibility index (Phi) is 6.26. The van der Waals surface area contributed by atoms with E-state index >= 15 is 0 Å². The average molecular weight is 430 g/mol. The summed E-state index contributed by atoms with van der Waals surface area (Å²) in [5, 5.41) is 10.7. The SMILES string of the molecule is COc1cc(/C=C2\SC(=O)N(Cc3ccccc3[N+](=O)[O-])C2=O)cc(OC)c1OC. The third kappa shape index (κ3) is 4.08. The molecule has 2 aromatic carbocycles. The number of nitrogens with zero attached hydrogens (tertiary/aromatic N) is 2. The van der Waals surface area contributed by atoms with Crippen LogP contribution in [-0.2, 0) is 11.3 Å². The van der Waals surface area contributed by atoms with Crippen molar-refractivity contribution >= 4 is 34.7 Å². The van der Waals surface area contributed by atoms with Crippen LogP contribution in [0, 0.1) is 10.1 Å². The van der Waals surface area contributed by atoms with Crippen molar-refractivity contribution < 1.29 is 28.7 Å². The molecule has 1 saturated heterocycles. The molecule has 0 N–H and O–H groups in total. The Morgan fingerprint density at radius 1 is 1.07 bits per heavy atom. The van der Waals surface area contributed by atoms with Crippen molar-refractivity contribution in [2.75, 3.05) is 21.3 Å². The van der Waals surface area contributed by atoms with Crippen LogP contribution in [0.4, 0.5) is 10.5 Å². The van der Waals surface area contributed by atoms with Gasteiger partial charge in [0, 0.05) is 11.6 Å². The minimum Gasteiger partial charge on any atom is -0.493 e. The van der Waals surface area contributed by atoms with Gasteiger partial charge >= 0.3 is 0 Å². The molecule has 2 amide bonds. The second-order valence-electron chi connectivity index (χ2n) is 6.11. The summed E-state index contributed by atoms with van der Waals surface area (Å²) in [7, 11) is 4.43. The smallest absolute Gasteiger partial charge is 0.293 e. The molecule has 0 bridgehead atoms. The molecule has 0 saturated carbocycles. The number of nitro groups is 1. The summed E-state index contributed by atoms with van der Waals surface area (Å²) >= 11 is 0.763. The Morgan fingerprint density at radius 2 is 1.70 bits per heavy atom. The molecule has 10 heteroatoms. The quantitative estimate of drug-likeness (QED) is 0.370. The fourth-order valence-electron chi connectivity index (χ4n) is 2.97. The molecule has 0 aromatic heterocycles. The largest absolute Gasteiger partial charge is 0.493 e. The second-order valence-corrected chi connectivity index (χ2v) is 7.11. The minimum absolute atomic E-state index is 0.148. The molecule has 0 atom stereocenters. The molecule has 30 heavy (non-hydrogen) atoms. The van der Waals surface area contributed by atoms with Gasteiger partial charge in [-0.05, 0) is 35.5 Å². The predicted octanol–water partition coefficient (Wildman–Crippen LogP) is 3.86. The molecule has 0 unspecified atom stereocenters. The van der Waals surface area contributed by atoms with E-state index < -0.39 is 16.1 Å². The van der Waals surface area contributed by atoms with Gasteiger partial charge in [-0.2, -0.15) is 0 Å². The number of thioether (sulfide) groups is 1. The van der Waals surface area contributed by atoms with Crippen molar-refractivity contribution in [1.29, 1.82) is 0 Å². The van der Waals surface area contributed by atoms with Gasteiger partial charge in [-0.15, -0.1) is 0 Å². The number of carbonyl (C=O) groups excluding carboxylic acids is 2. The molecule has 0 aliphatic carbocycles. The van der Waals surface area contributed by atoms with Gasteiger partial charge in [-0.25, -0.2) is 0 Å². The van der Waals surface area contributed by atoms with Crippen LogP contribution in [0.25, 0.3) is 6.08 Å². The van der Waals surface area contributed by atoms with Gasteiger partial charge in [0.05, 0.1) is 37.7 Å². The second kappa shape index (κ2) is 8.87. The van der Waals surface area contributed by atoms with E-state index in [1.807, 2.05) is 0 Å². The average Bonchev–Trinajstić information content (AvgIpc) is 3.00. The van der Waals surface area contributed by atoms with E-state index in [-0.39, 0.29) is 22.7 Å². The van der Waals surface area contributed by atoms with Gasteiger partial charge in [0.2, 0.25) is 5.75 Å².